The van der Waals surface area contributed by atoms with Crippen LogP contribution in [0.15, 0.2) is 48.5 Å². The second-order valence-electron chi connectivity index (χ2n) is 5.49. The van der Waals surface area contributed by atoms with Gasteiger partial charge in [0.2, 0.25) is 0 Å². The SMILES string of the molecule is COc1ccc(C(O)CNC2CCc3ccccc32)cc1. The maximum atomic E-state index is 10.3. The van der Waals surface area contributed by atoms with Crippen molar-refractivity contribution in [2.45, 2.75) is 25.0 Å². The lowest BCUT2D eigenvalue weighted by atomic mass is 10.1. The summed E-state index contributed by atoms with van der Waals surface area (Å²) < 4.78 is 5.13. The van der Waals surface area contributed by atoms with Crippen molar-refractivity contribution < 1.29 is 9.84 Å². The van der Waals surface area contributed by atoms with Crippen LogP contribution in [0.4, 0.5) is 0 Å². The van der Waals surface area contributed by atoms with Crippen LogP contribution in [0.2, 0.25) is 0 Å². The number of methoxy groups -OCH3 is 1. The number of hydrogen-bond donors (Lipinski definition) is 2. The van der Waals surface area contributed by atoms with Gasteiger partial charge in [0, 0.05) is 12.6 Å². The fourth-order valence-corrected chi connectivity index (χ4v) is 2.97. The molecule has 3 heteroatoms. The Hall–Kier alpha value is -1.84. The van der Waals surface area contributed by atoms with Crippen molar-refractivity contribution in [1.82, 2.24) is 5.32 Å². The zero-order chi connectivity index (χ0) is 14.7. The fraction of sp³-hybridized carbons (Fsp3) is 0.333. The Labute approximate surface area is 125 Å². The molecule has 0 aromatic heterocycles. The van der Waals surface area contributed by atoms with Crippen LogP contribution in [0, 0.1) is 0 Å². The van der Waals surface area contributed by atoms with Gasteiger partial charge in [-0.2, -0.15) is 0 Å². The van der Waals surface area contributed by atoms with Crippen molar-refractivity contribution in [3.05, 3.63) is 65.2 Å². The molecule has 2 unspecified atom stereocenters. The van der Waals surface area contributed by atoms with Gasteiger partial charge in [-0.15, -0.1) is 0 Å². The van der Waals surface area contributed by atoms with Crippen LogP contribution >= 0.6 is 0 Å². The molecule has 1 aliphatic carbocycles. The van der Waals surface area contributed by atoms with Gasteiger partial charge in [0.25, 0.3) is 0 Å². The van der Waals surface area contributed by atoms with Gasteiger partial charge in [-0.25, -0.2) is 0 Å². The van der Waals surface area contributed by atoms with E-state index >= 15 is 0 Å². The van der Waals surface area contributed by atoms with Gasteiger partial charge in [0.05, 0.1) is 13.2 Å². The molecule has 0 spiro atoms. The maximum absolute atomic E-state index is 10.3. The first-order chi connectivity index (χ1) is 10.3. The van der Waals surface area contributed by atoms with Crippen molar-refractivity contribution in [2.75, 3.05) is 13.7 Å². The summed E-state index contributed by atoms with van der Waals surface area (Å²) in [6.45, 7) is 0.561. The van der Waals surface area contributed by atoms with E-state index in [1.54, 1.807) is 7.11 Å². The van der Waals surface area contributed by atoms with Gasteiger partial charge in [-0.1, -0.05) is 36.4 Å². The third kappa shape index (κ3) is 3.09. The molecule has 0 fully saturated rings. The molecule has 2 atom stereocenters. The topological polar surface area (TPSA) is 41.5 Å². The number of fused-ring (bicyclic) bond motifs is 1. The molecule has 0 saturated carbocycles. The number of benzene rings is 2. The summed E-state index contributed by atoms with van der Waals surface area (Å²) in [5, 5.41) is 13.8. The first kappa shape index (κ1) is 14.1. The van der Waals surface area contributed by atoms with Crippen LogP contribution < -0.4 is 10.1 Å². The zero-order valence-electron chi connectivity index (χ0n) is 12.3. The van der Waals surface area contributed by atoms with Crippen LogP contribution in [0.3, 0.4) is 0 Å². The third-order valence-electron chi connectivity index (χ3n) is 4.19. The molecule has 2 aromatic rings. The quantitative estimate of drug-likeness (QED) is 0.886. The largest absolute Gasteiger partial charge is 0.497 e. The van der Waals surface area contributed by atoms with E-state index < -0.39 is 6.10 Å². The summed E-state index contributed by atoms with van der Waals surface area (Å²) in [5.41, 5.74) is 3.71. The van der Waals surface area contributed by atoms with E-state index in [4.69, 9.17) is 4.74 Å². The summed E-state index contributed by atoms with van der Waals surface area (Å²) in [6.07, 6.45) is 1.73. The minimum absolute atomic E-state index is 0.356. The molecular weight excluding hydrogens is 262 g/mol. The molecule has 1 aliphatic rings. The lowest BCUT2D eigenvalue weighted by Gasteiger charge is -2.18. The summed E-state index contributed by atoms with van der Waals surface area (Å²) in [5.74, 6) is 0.809. The Bertz CT molecular complexity index is 594. The third-order valence-corrected chi connectivity index (χ3v) is 4.19. The van der Waals surface area contributed by atoms with E-state index in [-0.39, 0.29) is 0 Å². The molecule has 0 radical (unpaired) electrons. The summed E-state index contributed by atoms with van der Waals surface area (Å²) >= 11 is 0. The number of nitrogens with one attached hydrogen (secondary N) is 1. The zero-order valence-corrected chi connectivity index (χ0v) is 12.3. The van der Waals surface area contributed by atoms with E-state index in [0.717, 1.165) is 24.2 Å². The van der Waals surface area contributed by atoms with Crippen LogP contribution in [0.25, 0.3) is 0 Å². The van der Waals surface area contributed by atoms with E-state index in [2.05, 4.69) is 29.6 Å². The monoisotopic (exact) mass is 283 g/mol. The molecule has 0 amide bonds. The van der Waals surface area contributed by atoms with Crippen molar-refractivity contribution in [2.24, 2.45) is 0 Å². The number of aryl methyl sites for hydroxylation is 1. The van der Waals surface area contributed by atoms with E-state index in [1.807, 2.05) is 24.3 Å². The van der Waals surface area contributed by atoms with Gasteiger partial charge >= 0.3 is 0 Å². The summed E-state index contributed by atoms with van der Waals surface area (Å²) in [6, 6.07) is 16.5. The highest BCUT2D eigenvalue weighted by Crippen LogP contribution is 2.31. The normalized spacial score (nSPS) is 18.3. The fourth-order valence-electron chi connectivity index (χ4n) is 2.97. The van der Waals surface area contributed by atoms with Gasteiger partial charge in [0.15, 0.2) is 0 Å². The molecule has 0 saturated heterocycles. The minimum Gasteiger partial charge on any atom is -0.497 e. The maximum Gasteiger partial charge on any atom is 0.118 e. The molecule has 21 heavy (non-hydrogen) atoms. The molecule has 2 aromatic carbocycles. The van der Waals surface area contributed by atoms with Crippen LogP contribution in [-0.2, 0) is 6.42 Å². The number of rotatable bonds is 5. The smallest absolute Gasteiger partial charge is 0.118 e. The standard InChI is InChI=1S/C18H21NO2/c1-21-15-9-6-14(7-10-15)18(20)12-19-17-11-8-13-4-2-3-5-16(13)17/h2-7,9-10,17-20H,8,11-12H2,1H3. The molecular formula is C18H21NO2. The second kappa shape index (κ2) is 6.29. The van der Waals surface area contributed by atoms with Crippen molar-refractivity contribution >= 4 is 0 Å². The Morgan fingerprint density at radius 3 is 2.71 bits per heavy atom. The van der Waals surface area contributed by atoms with Crippen LogP contribution in [-0.4, -0.2) is 18.8 Å². The van der Waals surface area contributed by atoms with E-state index in [0.29, 0.717) is 12.6 Å². The molecule has 3 nitrogen and oxygen atoms in total. The molecule has 0 heterocycles. The van der Waals surface area contributed by atoms with Gasteiger partial charge in [0.1, 0.15) is 5.75 Å². The minimum atomic E-state index is -0.497. The van der Waals surface area contributed by atoms with Crippen molar-refractivity contribution in [3.8, 4) is 5.75 Å². The molecule has 0 aliphatic heterocycles. The lowest BCUT2D eigenvalue weighted by molar-refractivity contribution is 0.169. The molecule has 110 valence electrons. The Morgan fingerprint density at radius 1 is 1.19 bits per heavy atom. The highest BCUT2D eigenvalue weighted by molar-refractivity contribution is 5.34. The highest BCUT2D eigenvalue weighted by Gasteiger charge is 2.22. The number of hydrogen-bond acceptors (Lipinski definition) is 3. The number of ether oxygens (including phenoxy) is 1. The summed E-state index contributed by atoms with van der Waals surface area (Å²) in [4.78, 5) is 0. The first-order valence-electron chi connectivity index (χ1n) is 7.41. The van der Waals surface area contributed by atoms with E-state index in [9.17, 15) is 5.11 Å². The Balaban J connectivity index is 1.60. The predicted octanol–water partition coefficient (Wildman–Crippen LogP) is 3.01. The van der Waals surface area contributed by atoms with Gasteiger partial charge in [-0.05, 0) is 41.7 Å². The highest BCUT2D eigenvalue weighted by atomic mass is 16.5. The first-order valence-corrected chi connectivity index (χ1v) is 7.41. The van der Waals surface area contributed by atoms with Crippen LogP contribution in [0.5, 0.6) is 5.75 Å². The van der Waals surface area contributed by atoms with Crippen LogP contribution in [0.1, 0.15) is 35.3 Å². The Kier molecular flexibility index (Phi) is 4.23. The lowest BCUT2D eigenvalue weighted by Crippen LogP contribution is -2.25. The average molecular weight is 283 g/mol. The Morgan fingerprint density at radius 2 is 1.95 bits per heavy atom. The summed E-state index contributed by atoms with van der Waals surface area (Å²) in [7, 11) is 1.64. The second-order valence-corrected chi connectivity index (χ2v) is 5.49. The number of aliphatic hydroxyl groups is 1. The molecule has 0 bridgehead atoms. The predicted molar refractivity (Wildman–Crippen MR) is 83.5 cm³/mol. The van der Waals surface area contributed by atoms with E-state index in [1.165, 1.54) is 11.1 Å². The van der Waals surface area contributed by atoms with Crippen molar-refractivity contribution in [1.29, 1.82) is 0 Å². The molecule has 2 N–H and O–H groups in total. The number of aliphatic hydroxyl groups excluding tert-OH is 1. The average Bonchev–Trinajstić information content (AvgIpc) is 2.96. The van der Waals surface area contributed by atoms with Crippen molar-refractivity contribution in [3.63, 3.8) is 0 Å². The molecule has 3 rings (SSSR count). The van der Waals surface area contributed by atoms with Gasteiger partial charge < -0.3 is 15.2 Å². The van der Waals surface area contributed by atoms with Gasteiger partial charge in [-0.3, -0.25) is 0 Å².